The molecule has 0 saturated heterocycles. The zero-order valence-corrected chi connectivity index (χ0v) is 5.99. The van der Waals surface area contributed by atoms with E-state index in [1.165, 1.54) is 11.8 Å². The lowest BCUT2D eigenvalue weighted by Gasteiger charge is -1.80. The number of carbonyl (C=O) groups is 1. The normalized spacial score (nSPS) is 10.2. The Morgan fingerprint density at radius 2 is 2.38 bits per heavy atom. The van der Waals surface area contributed by atoms with Gasteiger partial charge in [0.1, 0.15) is 0 Å². The van der Waals surface area contributed by atoms with Crippen LogP contribution in [0.15, 0.2) is 12.2 Å². The first-order valence-corrected chi connectivity index (χ1v) is 3.78. The van der Waals surface area contributed by atoms with E-state index >= 15 is 0 Å². The second kappa shape index (κ2) is 4.91. The van der Waals surface area contributed by atoms with Crippen LogP contribution < -0.4 is 0 Å². The van der Waals surface area contributed by atoms with Crippen LogP contribution in [0.3, 0.4) is 0 Å². The summed E-state index contributed by atoms with van der Waals surface area (Å²) in [6.07, 6.45) is 6.18. The van der Waals surface area contributed by atoms with E-state index < -0.39 is 0 Å². The first kappa shape index (κ1) is 7.76. The van der Waals surface area contributed by atoms with Crippen molar-refractivity contribution in [1.29, 1.82) is 0 Å². The Balaban J connectivity index is 3.37. The monoisotopic (exact) mass is 130 g/mol. The molecule has 2 heteroatoms. The molecule has 0 spiro atoms. The highest BCUT2D eigenvalue weighted by atomic mass is 32.2. The highest BCUT2D eigenvalue weighted by Crippen LogP contribution is 1.95. The number of thioether (sulfide) groups is 1. The van der Waals surface area contributed by atoms with Gasteiger partial charge in [0.05, 0.1) is 0 Å². The molecular formula is C6H10OS. The Morgan fingerprint density at radius 1 is 1.75 bits per heavy atom. The van der Waals surface area contributed by atoms with Gasteiger partial charge in [-0.1, -0.05) is 24.8 Å². The first-order chi connectivity index (χ1) is 3.81. The highest BCUT2D eigenvalue weighted by Gasteiger charge is 1.85. The van der Waals surface area contributed by atoms with Crippen LogP contribution in [-0.2, 0) is 4.79 Å². The summed E-state index contributed by atoms with van der Waals surface area (Å²) >= 11 is 1.24. The van der Waals surface area contributed by atoms with Crippen LogP contribution in [0.4, 0.5) is 0 Å². The van der Waals surface area contributed by atoms with Crippen molar-refractivity contribution in [3.63, 3.8) is 0 Å². The summed E-state index contributed by atoms with van der Waals surface area (Å²) in [7, 11) is 0. The summed E-state index contributed by atoms with van der Waals surface area (Å²) in [5.74, 6) is 0. The lowest BCUT2D eigenvalue weighted by atomic mass is 10.4. The molecule has 0 fully saturated rings. The molecule has 0 aromatic rings. The number of allylic oxidation sites excluding steroid dienone is 1. The molecular weight excluding hydrogens is 120 g/mol. The molecule has 0 aliphatic carbocycles. The van der Waals surface area contributed by atoms with E-state index in [-0.39, 0.29) is 5.12 Å². The first-order valence-electron chi connectivity index (χ1n) is 2.55. The van der Waals surface area contributed by atoms with Crippen molar-refractivity contribution < 1.29 is 4.79 Å². The van der Waals surface area contributed by atoms with Crippen molar-refractivity contribution in [2.45, 2.75) is 13.3 Å². The minimum absolute atomic E-state index is 0.131. The average Bonchev–Trinajstić information content (AvgIpc) is 1.83. The summed E-state index contributed by atoms with van der Waals surface area (Å²) in [5, 5.41) is 0.131. The molecule has 0 N–H and O–H groups in total. The van der Waals surface area contributed by atoms with Crippen molar-refractivity contribution >= 4 is 16.9 Å². The fourth-order valence-electron chi connectivity index (χ4n) is 0.282. The van der Waals surface area contributed by atoms with E-state index in [1.54, 1.807) is 12.3 Å². The molecule has 0 heterocycles. The summed E-state index contributed by atoms with van der Waals surface area (Å²) in [6.45, 7) is 2.00. The molecule has 0 aliphatic heterocycles. The van der Waals surface area contributed by atoms with Crippen LogP contribution in [0.25, 0.3) is 0 Å². The predicted molar refractivity (Wildman–Crippen MR) is 38.0 cm³/mol. The minimum atomic E-state index is 0.131. The van der Waals surface area contributed by atoms with Crippen LogP contribution >= 0.6 is 11.8 Å². The molecule has 46 valence electrons. The zero-order valence-electron chi connectivity index (χ0n) is 5.18. The predicted octanol–water partition coefficient (Wildman–Crippen LogP) is 1.84. The molecule has 8 heavy (non-hydrogen) atoms. The Labute approximate surface area is 54.2 Å². The molecule has 0 atom stereocenters. The van der Waals surface area contributed by atoms with Gasteiger partial charge in [-0.3, -0.25) is 4.79 Å². The van der Waals surface area contributed by atoms with Gasteiger partial charge in [0, 0.05) is 0 Å². The number of hydrogen-bond acceptors (Lipinski definition) is 2. The third-order valence-corrected chi connectivity index (χ3v) is 1.23. The van der Waals surface area contributed by atoms with E-state index in [0.29, 0.717) is 0 Å². The van der Waals surface area contributed by atoms with Gasteiger partial charge in [0.25, 0.3) is 0 Å². The summed E-state index contributed by atoms with van der Waals surface area (Å²) < 4.78 is 0. The van der Waals surface area contributed by atoms with Gasteiger partial charge in [0.15, 0.2) is 0 Å². The lowest BCUT2D eigenvalue weighted by Crippen LogP contribution is -1.79. The van der Waals surface area contributed by atoms with E-state index in [0.717, 1.165) is 6.42 Å². The Morgan fingerprint density at radius 3 is 2.75 bits per heavy atom. The van der Waals surface area contributed by atoms with Gasteiger partial charge in [0.2, 0.25) is 5.12 Å². The van der Waals surface area contributed by atoms with Crippen molar-refractivity contribution in [1.82, 2.24) is 0 Å². The Hall–Kier alpha value is -0.240. The second-order valence-electron chi connectivity index (χ2n) is 1.33. The molecule has 0 aliphatic rings. The molecule has 0 aromatic heterocycles. The summed E-state index contributed by atoms with van der Waals surface area (Å²) in [6, 6.07) is 0. The third-order valence-electron chi connectivity index (χ3n) is 0.691. The molecule has 1 nitrogen and oxygen atoms in total. The van der Waals surface area contributed by atoms with Crippen molar-refractivity contribution in [2.75, 3.05) is 6.26 Å². The van der Waals surface area contributed by atoms with Crippen LogP contribution in [0.1, 0.15) is 13.3 Å². The Kier molecular flexibility index (Phi) is 4.76. The van der Waals surface area contributed by atoms with Crippen LogP contribution in [0, 0.1) is 0 Å². The van der Waals surface area contributed by atoms with Gasteiger partial charge in [-0.25, -0.2) is 0 Å². The number of rotatable bonds is 2. The van der Waals surface area contributed by atoms with Gasteiger partial charge in [-0.05, 0) is 18.8 Å². The van der Waals surface area contributed by atoms with Crippen LogP contribution in [0.2, 0.25) is 0 Å². The van der Waals surface area contributed by atoms with E-state index in [9.17, 15) is 4.79 Å². The molecule has 0 unspecified atom stereocenters. The molecule has 0 bridgehead atoms. The quantitative estimate of drug-likeness (QED) is 0.530. The zero-order chi connectivity index (χ0) is 6.41. The van der Waals surface area contributed by atoms with E-state index in [4.69, 9.17) is 0 Å². The smallest absolute Gasteiger partial charge is 0.211 e. The van der Waals surface area contributed by atoms with Gasteiger partial charge >= 0.3 is 0 Å². The van der Waals surface area contributed by atoms with Crippen LogP contribution in [-0.4, -0.2) is 11.4 Å². The maximum Gasteiger partial charge on any atom is 0.211 e. The van der Waals surface area contributed by atoms with Gasteiger partial charge < -0.3 is 0 Å². The fourth-order valence-corrected chi connectivity index (χ4v) is 0.514. The summed E-state index contributed by atoms with van der Waals surface area (Å²) in [5.41, 5.74) is 0. The molecule has 0 aromatic carbocycles. The molecule has 0 saturated carbocycles. The summed E-state index contributed by atoms with van der Waals surface area (Å²) in [4.78, 5) is 10.4. The maximum absolute atomic E-state index is 10.4. The number of hydrogen-bond donors (Lipinski definition) is 0. The highest BCUT2D eigenvalue weighted by molar-refractivity contribution is 8.13. The largest absolute Gasteiger partial charge is 0.282 e. The molecule has 0 rings (SSSR count). The SMILES string of the molecule is CCC=CC(=O)SC. The Bertz CT molecular complexity index is 96.7. The average molecular weight is 130 g/mol. The minimum Gasteiger partial charge on any atom is -0.282 e. The third kappa shape index (κ3) is 3.93. The van der Waals surface area contributed by atoms with Crippen molar-refractivity contribution in [2.24, 2.45) is 0 Å². The van der Waals surface area contributed by atoms with E-state index in [2.05, 4.69) is 0 Å². The van der Waals surface area contributed by atoms with Crippen LogP contribution in [0.5, 0.6) is 0 Å². The molecule has 0 amide bonds. The maximum atomic E-state index is 10.4. The standard InChI is InChI=1S/C6H10OS/c1-3-4-5-6(7)8-2/h4-5H,3H2,1-2H3. The number of carbonyl (C=O) groups excluding carboxylic acids is 1. The van der Waals surface area contributed by atoms with Crippen molar-refractivity contribution in [3.8, 4) is 0 Å². The lowest BCUT2D eigenvalue weighted by molar-refractivity contribution is -0.107. The topological polar surface area (TPSA) is 17.1 Å². The fraction of sp³-hybridized carbons (Fsp3) is 0.500. The van der Waals surface area contributed by atoms with Crippen molar-refractivity contribution in [3.05, 3.63) is 12.2 Å². The second-order valence-corrected chi connectivity index (χ2v) is 2.14. The van der Waals surface area contributed by atoms with Gasteiger partial charge in [-0.15, -0.1) is 0 Å². The van der Waals surface area contributed by atoms with Gasteiger partial charge in [-0.2, -0.15) is 0 Å². The van der Waals surface area contributed by atoms with E-state index in [1.807, 2.05) is 13.0 Å². The molecule has 0 radical (unpaired) electrons.